The monoisotopic (exact) mass is 535 g/mol. The molecule has 4 rings (SSSR count). The lowest BCUT2D eigenvalue weighted by atomic mass is 9.96. The van der Waals surface area contributed by atoms with Gasteiger partial charge in [-0.2, -0.15) is 0 Å². The highest BCUT2D eigenvalue weighted by Gasteiger charge is 2.29. The van der Waals surface area contributed by atoms with Gasteiger partial charge in [0.1, 0.15) is 12.3 Å². The highest BCUT2D eigenvalue weighted by atomic mass is 16.5. The molecule has 1 heterocycles. The van der Waals surface area contributed by atoms with Crippen molar-refractivity contribution in [3.8, 4) is 5.75 Å². The highest BCUT2D eigenvalue weighted by molar-refractivity contribution is 5.98. The van der Waals surface area contributed by atoms with Crippen molar-refractivity contribution >= 4 is 23.2 Å². The lowest BCUT2D eigenvalue weighted by Crippen LogP contribution is -2.54. The summed E-state index contributed by atoms with van der Waals surface area (Å²) in [6, 6.07) is 17.4. The van der Waals surface area contributed by atoms with Crippen LogP contribution in [0.1, 0.15) is 26.3 Å². The maximum absolute atomic E-state index is 13.4. The number of hydrogen-bond acceptors (Lipinski definition) is 4. The fourth-order valence-electron chi connectivity index (χ4n) is 4.77. The molecule has 0 spiro atoms. The van der Waals surface area contributed by atoms with Crippen LogP contribution in [0.2, 0.25) is 0 Å². The lowest BCUT2D eigenvalue weighted by molar-refractivity contribution is -0.137. The van der Waals surface area contributed by atoms with E-state index in [2.05, 4.69) is 32.2 Å². The van der Waals surface area contributed by atoms with Gasteiger partial charge >= 0.3 is 0 Å². The summed E-state index contributed by atoms with van der Waals surface area (Å²) in [4.78, 5) is 31.7. The maximum atomic E-state index is 13.4. The number of piperazine rings is 1. The molecule has 1 saturated heterocycles. The minimum Gasteiger partial charge on any atom is -0.497 e. The molecule has 2 aliphatic rings. The number of allylic oxidation sites excluding steroid dienone is 7. The van der Waals surface area contributed by atoms with Gasteiger partial charge in [-0.25, -0.2) is 0 Å². The van der Waals surface area contributed by atoms with Gasteiger partial charge in [0.25, 0.3) is 0 Å². The average Bonchev–Trinajstić information content (AvgIpc) is 3.09. The van der Waals surface area contributed by atoms with E-state index in [9.17, 15) is 9.59 Å². The minimum absolute atomic E-state index is 0.0369. The van der Waals surface area contributed by atoms with Crippen molar-refractivity contribution in [3.05, 3.63) is 119 Å². The molecule has 0 unspecified atom stereocenters. The zero-order valence-corrected chi connectivity index (χ0v) is 24.0. The molecule has 206 valence electrons. The molecular formula is C34H37N3O3. The van der Waals surface area contributed by atoms with Crippen molar-refractivity contribution in [2.24, 2.45) is 0 Å². The number of methoxy groups -OCH3 is 1. The Hall–Kier alpha value is -4.54. The first kappa shape index (κ1) is 28.5. The van der Waals surface area contributed by atoms with Crippen LogP contribution in [0.25, 0.3) is 5.70 Å². The molecule has 6 heteroatoms. The molecule has 0 N–H and O–H groups in total. The number of ether oxygens (including phenoxy) is 1. The molecular weight excluding hydrogens is 498 g/mol. The Morgan fingerprint density at radius 2 is 1.82 bits per heavy atom. The fraction of sp³-hybridized carbons (Fsp3) is 0.265. The third kappa shape index (κ3) is 6.53. The van der Waals surface area contributed by atoms with Crippen LogP contribution in [-0.2, 0) is 9.59 Å². The topological polar surface area (TPSA) is 53.1 Å². The van der Waals surface area contributed by atoms with Crippen LogP contribution in [0.5, 0.6) is 5.75 Å². The maximum Gasteiger partial charge on any atom is 0.246 e. The first-order valence-corrected chi connectivity index (χ1v) is 13.4. The van der Waals surface area contributed by atoms with Gasteiger partial charge in [0, 0.05) is 37.6 Å². The molecule has 0 atom stereocenters. The number of rotatable bonds is 8. The van der Waals surface area contributed by atoms with Crippen LogP contribution in [0.15, 0.2) is 113 Å². The van der Waals surface area contributed by atoms with Crippen molar-refractivity contribution in [2.75, 3.05) is 45.2 Å². The van der Waals surface area contributed by atoms with Gasteiger partial charge < -0.3 is 19.4 Å². The van der Waals surface area contributed by atoms with Crippen LogP contribution < -0.4 is 9.64 Å². The van der Waals surface area contributed by atoms with E-state index in [0.717, 1.165) is 44.8 Å². The lowest BCUT2D eigenvalue weighted by Gasteiger charge is -2.35. The van der Waals surface area contributed by atoms with Crippen LogP contribution in [0.3, 0.4) is 0 Å². The van der Waals surface area contributed by atoms with Gasteiger partial charge in [0.15, 0.2) is 0 Å². The van der Waals surface area contributed by atoms with Crippen LogP contribution in [0.4, 0.5) is 5.69 Å². The van der Waals surface area contributed by atoms with E-state index in [1.54, 1.807) is 16.9 Å². The molecule has 0 radical (unpaired) electrons. The van der Waals surface area contributed by atoms with E-state index < -0.39 is 0 Å². The number of hydrogen-bond donors (Lipinski definition) is 0. The number of benzene rings is 2. The van der Waals surface area contributed by atoms with E-state index in [1.807, 2.05) is 85.6 Å². The highest BCUT2D eigenvalue weighted by Crippen LogP contribution is 2.28. The summed E-state index contributed by atoms with van der Waals surface area (Å²) in [6.07, 6.45) is 6.17. The Labute approximate surface area is 237 Å². The van der Waals surface area contributed by atoms with Crippen molar-refractivity contribution in [3.63, 3.8) is 0 Å². The Morgan fingerprint density at radius 3 is 2.52 bits per heavy atom. The first-order valence-electron chi connectivity index (χ1n) is 13.4. The van der Waals surface area contributed by atoms with E-state index >= 15 is 0 Å². The molecule has 40 heavy (non-hydrogen) atoms. The van der Waals surface area contributed by atoms with Gasteiger partial charge in [-0.05, 0) is 78.5 Å². The minimum atomic E-state index is -0.114. The van der Waals surface area contributed by atoms with Gasteiger partial charge in [0.2, 0.25) is 11.8 Å². The van der Waals surface area contributed by atoms with E-state index in [0.29, 0.717) is 18.8 Å². The Kier molecular flexibility index (Phi) is 8.93. The Morgan fingerprint density at radius 1 is 1.07 bits per heavy atom. The van der Waals surface area contributed by atoms with Crippen molar-refractivity contribution in [1.82, 2.24) is 9.80 Å². The predicted molar refractivity (Wildman–Crippen MR) is 162 cm³/mol. The summed E-state index contributed by atoms with van der Waals surface area (Å²) in [5.74, 6) is 0.475. The number of carbonyl (C=O) groups is 2. The van der Waals surface area contributed by atoms with Crippen molar-refractivity contribution < 1.29 is 14.3 Å². The molecule has 2 aromatic rings. The Balaban J connectivity index is 1.52. The van der Waals surface area contributed by atoms with E-state index in [1.165, 1.54) is 0 Å². The van der Waals surface area contributed by atoms with Gasteiger partial charge in [0.05, 0.1) is 13.7 Å². The smallest absolute Gasteiger partial charge is 0.246 e. The molecule has 1 fully saturated rings. The largest absolute Gasteiger partial charge is 0.497 e. The summed E-state index contributed by atoms with van der Waals surface area (Å²) in [6.45, 7) is 11.6. The normalized spacial score (nSPS) is 15.9. The molecule has 2 aromatic carbocycles. The Bertz CT molecular complexity index is 1470. The predicted octanol–water partition coefficient (Wildman–Crippen LogP) is 5.78. The second-order valence-corrected chi connectivity index (χ2v) is 10.2. The SMILES string of the molecule is C=C(/C=C(/c1ccccc1)N(C)CC(=O)N1CCN(c2cccc(OC)c2)C(=O)C1)C1=CC(C)=C(C)C=C=C1C. The molecule has 1 aliphatic carbocycles. The third-order valence-electron chi connectivity index (χ3n) is 7.34. The summed E-state index contributed by atoms with van der Waals surface area (Å²) in [7, 11) is 3.50. The molecule has 0 aromatic heterocycles. The second-order valence-electron chi connectivity index (χ2n) is 10.2. The van der Waals surface area contributed by atoms with Crippen molar-refractivity contribution in [2.45, 2.75) is 20.8 Å². The number of nitrogens with zero attached hydrogens (tertiary/aromatic N) is 3. The van der Waals surface area contributed by atoms with Crippen LogP contribution >= 0.6 is 0 Å². The van der Waals surface area contributed by atoms with Crippen LogP contribution in [0, 0.1) is 0 Å². The van der Waals surface area contributed by atoms with Gasteiger partial charge in [-0.15, -0.1) is 5.73 Å². The number of amides is 2. The first-order chi connectivity index (χ1) is 19.2. The number of anilines is 1. The fourth-order valence-corrected chi connectivity index (χ4v) is 4.77. The van der Waals surface area contributed by atoms with Crippen molar-refractivity contribution in [1.29, 1.82) is 0 Å². The molecule has 1 aliphatic heterocycles. The molecule has 0 bridgehead atoms. The van der Waals surface area contributed by atoms with Gasteiger partial charge in [-0.1, -0.05) is 49.1 Å². The zero-order valence-electron chi connectivity index (χ0n) is 24.0. The summed E-state index contributed by atoms with van der Waals surface area (Å²) in [5, 5.41) is 0. The second kappa shape index (κ2) is 12.5. The molecule has 0 saturated carbocycles. The average molecular weight is 536 g/mol. The summed E-state index contributed by atoms with van der Waals surface area (Å²) < 4.78 is 5.30. The number of likely N-dealkylation sites (N-methyl/N-ethyl adjacent to an activating group) is 1. The molecule has 6 nitrogen and oxygen atoms in total. The quantitative estimate of drug-likeness (QED) is 0.318. The number of carbonyl (C=O) groups excluding carboxylic acids is 2. The summed E-state index contributed by atoms with van der Waals surface area (Å²) >= 11 is 0. The van der Waals surface area contributed by atoms with Gasteiger partial charge in [-0.3, -0.25) is 9.59 Å². The standard InChI is InChI=1S/C34H37N3O3/c1-24-15-16-25(2)31(19-26(24)3)27(4)20-32(28-11-8-7-9-12-28)35(5)22-33(38)36-17-18-37(34(39)23-36)29-13-10-14-30(21-29)40-6/h7-15,19-21H,4,17-18,22-23H2,1-3,5-6H3/b32-20-. The van der Waals surface area contributed by atoms with Crippen LogP contribution in [-0.4, -0.2) is 62.0 Å². The zero-order chi connectivity index (χ0) is 28.8. The van der Waals surface area contributed by atoms with E-state index in [-0.39, 0.29) is 24.9 Å². The molecule has 2 amide bonds. The third-order valence-corrected chi connectivity index (χ3v) is 7.34. The summed E-state index contributed by atoms with van der Waals surface area (Å²) in [5.41, 5.74) is 11.2. The van der Waals surface area contributed by atoms with E-state index in [4.69, 9.17) is 4.74 Å².